The average Bonchev–Trinajstić information content (AvgIpc) is 1.33. The van der Waals surface area contributed by atoms with Gasteiger partial charge < -0.3 is 135 Å². The number of fused-ring (bicyclic) bond motifs is 4. The molecule has 8 aliphatic carbocycles. The molecule has 10 unspecified atom stereocenters. The van der Waals surface area contributed by atoms with E-state index in [1.807, 2.05) is 165 Å². The second-order valence-corrected chi connectivity index (χ2v) is 59.5. The zero-order valence-corrected chi connectivity index (χ0v) is 97.6. The molecule has 4 heterocycles. The smallest absolute Gasteiger partial charge is 1.00 e. The summed E-state index contributed by atoms with van der Waals surface area (Å²) in [4.78, 5) is 66.6. The van der Waals surface area contributed by atoms with Crippen LogP contribution in [0.2, 0.25) is 0 Å². The summed E-state index contributed by atoms with van der Waals surface area (Å²) in [7, 11) is 36.7. The molecule has 20 rings (SSSR count). The molecular formula is C108H147B2BrCl4N16Na2O14Zr. The normalized spacial score (nSPS) is 19.1. The molecule has 0 bridgehead atoms. The first kappa shape index (κ1) is 135. The largest absolute Gasteiger partial charge is 1.00 e. The van der Waals surface area contributed by atoms with E-state index in [1.165, 1.54) is 50.5 Å². The number of ether oxygens (including phenoxy) is 6. The van der Waals surface area contributed by atoms with Crippen molar-refractivity contribution in [3.05, 3.63) is 253 Å². The third-order valence-electron chi connectivity index (χ3n) is 26.2. The van der Waals surface area contributed by atoms with Crippen LogP contribution in [0.1, 0.15) is 195 Å². The number of methoxy groups -OCH3 is 5. The van der Waals surface area contributed by atoms with Gasteiger partial charge in [0.15, 0.2) is 0 Å². The van der Waals surface area contributed by atoms with Gasteiger partial charge in [0.25, 0.3) is 16.7 Å². The quantitative estimate of drug-likeness (QED) is 0.0122. The molecule has 1 aliphatic heterocycles. The first-order valence-corrected chi connectivity index (χ1v) is 62.2. The number of aromatic nitrogens is 6. The third kappa shape index (κ3) is 43.4. The number of nitrogens with one attached hydrogen (secondary N) is 3. The van der Waals surface area contributed by atoms with Gasteiger partial charge in [0, 0.05) is 117 Å². The molecule has 8 saturated carbocycles. The Morgan fingerprint density at radius 3 is 1.17 bits per heavy atom. The maximum absolute atomic E-state index is 12.1. The molecule has 148 heavy (non-hydrogen) atoms. The van der Waals surface area contributed by atoms with E-state index in [0.29, 0.717) is 82.9 Å². The number of H-pyrrole nitrogens is 3. The topological polar surface area (TPSA) is 462 Å². The van der Waals surface area contributed by atoms with Crippen LogP contribution < -0.4 is 142 Å². The van der Waals surface area contributed by atoms with Crippen LogP contribution in [0.15, 0.2) is 195 Å². The minimum absolute atomic E-state index is 0. The fourth-order valence-corrected chi connectivity index (χ4v) is 18.3. The molecule has 6 radical (unpaired) electrons. The van der Waals surface area contributed by atoms with Crippen LogP contribution in [0.3, 0.4) is 0 Å². The van der Waals surface area contributed by atoms with E-state index < -0.39 is 15.5 Å². The second kappa shape index (κ2) is 70.7. The number of likely N-dealkylation sites (N-methyl/N-ethyl adjacent to an activating group) is 4. The number of nitrogen functional groups attached to an aromatic ring is 1. The predicted octanol–water partition coefficient (Wildman–Crippen LogP) is 12.0. The molecule has 40 heteroatoms. The van der Waals surface area contributed by atoms with Gasteiger partial charge in [0.1, 0.15) is 46.2 Å². The van der Waals surface area contributed by atoms with Gasteiger partial charge in [0.2, 0.25) is 0 Å². The minimum Gasteiger partial charge on any atom is 1.00 e. The molecule has 9 fully saturated rings. The van der Waals surface area contributed by atoms with E-state index in [2.05, 4.69) is 92.8 Å². The van der Waals surface area contributed by atoms with Crippen LogP contribution in [0.25, 0.3) is 32.7 Å². The van der Waals surface area contributed by atoms with Crippen LogP contribution in [0, 0.1) is 29.6 Å². The van der Waals surface area contributed by atoms with Gasteiger partial charge in [-0.15, -0.1) is 0 Å². The standard InChI is InChI=1S/C14H17N3O2.C14H16N2O2.2C13H20N2O.C13H19NO2.C13H18O2.C11H9BrN2O.C7H9NO.C5H8O.C2H7NO.2CN.CH4.2B.4ClH.2Na.Zr/c1-17(6-7-18)10-4-5-12-11(8-10)14(19)16-13(15-12)9-2-3-9;17-7-1-2-9-3-6-12-11(8-9)14(18)16-13(15-12)10-4-5-10;2*1-15(11-8-5-6-10(11)14)12-7-3-4-9-13(12)16-2;1-14(10-7-5-8-12(10)15)11-6-3-4-9-13(11)16-2;1-15-13-8-3-2-5-11(13)9-10-6-4-7-12(10)14;12-7-3-4-9-8(5-7)11(15)14-10(13-9)6-1-2-6;1-9-7-5-3-2-4-6(7)8;1-2-4-5(3-1)6-4;3-1-2-4;2*1-2;;;;;;;;;;/h4-5,8-9,18H,2-3,6-7H2,1H3,(H,15,16,19);3,6,8,10,17H,1-2,4-5,7H2,(H,15,16,18);2*3-4,7,9-11H,5-6,8,14H2,1-2H3;3-4,6,9-10,12,15H,5,7-8H2,1-2H3;2-3,5,8,10,12,14H,4,6-7,9H2,1H3;3-6H,1-2H2,(H,13,14,15);2-5H,8H2,1H3;4-5H,1-3H2;4H,1-3H2;;;1H4;;;4*1H;;;/q;;;;;;;;;;2*-1;;;;;;;;2*+1;+4/p-4. The number of benzene rings is 8. The molecular weight excluding hydrogens is 2130 g/mol. The molecule has 11 aromatic rings. The maximum Gasteiger partial charge on any atom is 1.00 e. The Labute approximate surface area is 948 Å². The Hall–Kier alpha value is -7.55. The number of aliphatic hydroxyl groups excluding tert-OH is 5. The monoisotopic (exact) mass is 2270 g/mol. The Morgan fingerprint density at radius 1 is 0.459 bits per heavy atom. The van der Waals surface area contributed by atoms with E-state index in [1.54, 1.807) is 47.7 Å². The number of hydrogen-bond acceptors (Lipinski definition) is 27. The maximum atomic E-state index is 12.1. The second-order valence-electron chi connectivity index (χ2n) is 36.2. The number of halogens is 5. The van der Waals surface area contributed by atoms with Gasteiger partial charge in [-0.25, -0.2) is 15.0 Å². The summed E-state index contributed by atoms with van der Waals surface area (Å²) in [6.07, 6.45) is 27.8. The molecule has 16 N–H and O–H groups in total. The molecule has 0 amide bonds. The van der Waals surface area contributed by atoms with Crippen molar-refractivity contribution in [2.24, 2.45) is 23.1 Å². The molecule has 8 aromatic carbocycles. The summed E-state index contributed by atoms with van der Waals surface area (Å²) in [5, 5.41) is 59.6. The van der Waals surface area contributed by atoms with Crippen LogP contribution >= 0.6 is 50.0 Å². The molecule has 1 saturated heterocycles. The molecule has 0 spiro atoms. The number of epoxide rings is 1. The van der Waals surface area contributed by atoms with Crippen molar-refractivity contribution < 1.29 is 129 Å². The number of rotatable bonds is 23. The van der Waals surface area contributed by atoms with Gasteiger partial charge in [-0.05, 0) is 268 Å². The zero-order chi connectivity index (χ0) is 104. The SMILES string of the molecule is C.C1CC2OC2C1.CN(CCO)c1ccc2nc(C3CC3)[nH]c(=O)c2c1.COc1ccccc1CC1CCCC1O.COc1ccccc1N.COc1ccccc1N(C)C1CCCC1N.COc1ccccc1N(C)C1CCCC1N.COc1ccccc1N(C)C1CCCC1O.NCCO.O=c1[nH]c(C2CC2)nc2ccc(Br)cc12.O=c1[nH]c(C2CC2)nc2ccc(CCCO)cc12.[B].[B].[C-]#N.[C-]#N.[Cl][Zr]([Cl])([Cl])[Cl].[Na+].[Na+]. The van der Waals surface area contributed by atoms with Crippen molar-refractivity contribution in [3.8, 4) is 28.7 Å². The van der Waals surface area contributed by atoms with Crippen LogP contribution in [0.4, 0.5) is 28.4 Å². The van der Waals surface area contributed by atoms with Gasteiger partial charge in [0.05, 0.1) is 135 Å². The van der Waals surface area contributed by atoms with Gasteiger partial charge in [-0.3, -0.25) is 14.4 Å². The molecule has 30 nitrogen and oxygen atoms in total. The molecule has 9 aliphatic rings. The van der Waals surface area contributed by atoms with Gasteiger partial charge >= 0.3 is 109 Å². The van der Waals surface area contributed by atoms with Crippen LogP contribution in [-0.4, -0.2) is 224 Å². The summed E-state index contributed by atoms with van der Waals surface area (Å²) in [6.45, 7) is 10.8. The number of aliphatic hydroxyl groups is 5. The van der Waals surface area contributed by atoms with Crippen molar-refractivity contribution in [3.63, 3.8) is 0 Å². The van der Waals surface area contributed by atoms with Crippen molar-refractivity contribution >= 4 is 128 Å². The number of anilines is 5. The Kier molecular flexibility index (Phi) is 64.3. The Balaban J connectivity index is 0.000000423. The predicted molar refractivity (Wildman–Crippen MR) is 593 cm³/mol. The van der Waals surface area contributed by atoms with Gasteiger partial charge in [-0.2, -0.15) is 0 Å². The number of nitrogens with two attached hydrogens (primary N) is 4. The van der Waals surface area contributed by atoms with Crippen LogP contribution in [0.5, 0.6) is 28.7 Å². The van der Waals surface area contributed by atoms with Crippen molar-refractivity contribution in [1.82, 2.24) is 29.9 Å². The zero-order valence-electron chi connectivity index (χ0n) is 86.5. The van der Waals surface area contributed by atoms with E-state index in [9.17, 15) is 24.6 Å². The fourth-order valence-electron chi connectivity index (χ4n) is 17.9. The summed E-state index contributed by atoms with van der Waals surface area (Å²) in [5.41, 5.74) is 31.9. The summed E-state index contributed by atoms with van der Waals surface area (Å²) in [6, 6.07) is 58.3. The fraction of sp³-hybridized carbons (Fsp3) is 0.481. The van der Waals surface area contributed by atoms with E-state index in [0.717, 1.165) is 205 Å². The van der Waals surface area contributed by atoms with E-state index in [4.69, 9.17) is 124 Å². The summed E-state index contributed by atoms with van der Waals surface area (Å²) in [5.74, 6) is 8.66. The average molecular weight is 2270 g/mol. The number of hydrogen-bond donors (Lipinski definition) is 12. The van der Waals surface area contributed by atoms with E-state index >= 15 is 0 Å². The first-order chi connectivity index (χ1) is 68.9. The minimum atomic E-state index is -3.29. The molecule has 10 atom stereocenters. The number of nitrogens with zero attached hydrogens (tertiary/aromatic N) is 9. The van der Waals surface area contributed by atoms with Crippen molar-refractivity contribution in [2.45, 2.75) is 234 Å². The Bertz CT molecular complexity index is 5750. The number of para-hydroxylation sites is 9. The summed E-state index contributed by atoms with van der Waals surface area (Å²) < 4.78 is 32.4. The Morgan fingerprint density at radius 2 is 0.818 bits per heavy atom. The number of aromatic amines is 3. The summed E-state index contributed by atoms with van der Waals surface area (Å²) >= 11 is 0.0547. The first-order valence-electron chi connectivity index (χ1n) is 48.8. The van der Waals surface area contributed by atoms with Crippen molar-refractivity contribution in [2.75, 3.05) is 122 Å². The van der Waals surface area contributed by atoms with Crippen molar-refractivity contribution in [1.29, 1.82) is 10.5 Å². The molecule has 3 aromatic heterocycles. The van der Waals surface area contributed by atoms with E-state index in [-0.39, 0.29) is 150 Å². The molecule has 790 valence electrons. The van der Waals surface area contributed by atoms with Crippen LogP contribution in [-0.2, 0) is 33.1 Å². The third-order valence-corrected chi connectivity index (χ3v) is 26.7. The van der Waals surface area contributed by atoms with Gasteiger partial charge in [-0.1, -0.05) is 103 Å². The number of aryl methyl sites for hydroxylation is 1.